The topological polar surface area (TPSA) is 99.3 Å². The maximum atomic E-state index is 12.4. The predicted octanol–water partition coefficient (Wildman–Crippen LogP) is 3.18. The third kappa shape index (κ3) is 5.31. The number of urea groups is 1. The van der Waals surface area contributed by atoms with E-state index >= 15 is 0 Å². The standard InChI is InChI=1S/C20H22N4O3/c1-13-10-14(11-18(25)21-13)19(26)22-16-8-5-9-17(12-16)24-20(27)23-15-6-3-2-4-7-15/h2-9,12-14H,10-11H2,1H3,(H,21,25)(H,22,26)(H2,23,24,27)/t13-,14+/m0/s1. The van der Waals surface area contributed by atoms with E-state index in [2.05, 4.69) is 21.3 Å². The molecule has 7 heteroatoms. The third-order valence-electron chi connectivity index (χ3n) is 4.27. The van der Waals surface area contributed by atoms with Crippen LogP contribution in [-0.4, -0.2) is 23.9 Å². The summed E-state index contributed by atoms with van der Waals surface area (Å²) in [4.78, 5) is 36.1. The Morgan fingerprint density at radius 3 is 2.26 bits per heavy atom. The lowest BCUT2D eigenvalue weighted by Gasteiger charge is -2.26. The van der Waals surface area contributed by atoms with E-state index in [-0.39, 0.29) is 36.2 Å². The van der Waals surface area contributed by atoms with Gasteiger partial charge in [-0.25, -0.2) is 4.79 Å². The Balaban J connectivity index is 1.59. The lowest BCUT2D eigenvalue weighted by atomic mass is 9.92. The molecule has 1 aliphatic heterocycles. The fraction of sp³-hybridized carbons (Fsp3) is 0.250. The fourth-order valence-electron chi connectivity index (χ4n) is 3.06. The van der Waals surface area contributed by atoms with Gasteiger partial charge >= 0.3 is 6.03 Å². The van der Waals surface area contributed by atoms with Gasteiger partial charge in [0.1, 0.15) is 0 Å². The van der Waals surface area contributed by atoms with Crippen molar-refractivity contribution in [3.8, 4) is 0 Å². The summed E-state index contributed by atoms with van der Waals surface area (Å²) in [7, 11) is 0. The molecule has 4 amide bonds. The smallest absolute Gasteiger partial charge is 0.323 e. The molecule has 1 heterocycles. The van der Waals surface area contributed by atoms with Crippen LogP contribution < -0.4 is 21.3 Å². The Hall–Kier alpha value is -3.35. The van der Waals surface area contributed by atoms with Crippen LogP contribution in [0.3, 0.4) is 0 Å². The van der Waals surface area contributed by atoms with Gasteiger partial charge in [0.05, 0.1) is 0 Å². The number of carbonyl (C=O) groups is 3. The summed E-state index contributed by atoms with van der Waals surface area (Å²) in [5, 5.41) is 11.1. The van der Waals surface area contributed by atoms with Gasteiger partial charge in [0.25, 0.3) is 0 Å². The average Bonchev–Trinajstić information content (AvgIpc) is 2.62. The molecule has 0 saturated carbocycles. The number of para-hydroxylation sites is 1. The largest absolute Gasteiger partial charge is 0.354 e. The van der Waals surface area contributed by atoms with E-state index in [0.29, 0.717) is 23.5 Å². The van der Waals surface area contributed by atoms with Crippen LogP contribution in [0, 0.1) is 5.92 Å². The summed E-state index contributed by atoms with van der Waals surface area (Å²) in [5.41, 5.74) is 1.80. The molecule has 140 valence electrons. The summed E-state index contributed by atoms with van der Waals surface area (Å²) in [5.74, 6) is -0.656. The highest BCUT2D eigenvalue weighted by molar-refractivity contribution is 6.01. The Labute approximate surface area is 157 Å². The number of anilines is 3. The van der Waals surface area contributed by atoms with Crippen molar-refractivity contribution in [2.75, 3.05) is 16.0 Å². The molecule has 0 aromatic heterocycles. The second-order valence-electron chi connectivity index (χ2n) is 6.62. The minimum Gasteiger partial charge on any atom is -0.354 e. The summed E-state index contributed by atoms with van der Waals surface area (Å²) in [6.07, 6.45) is 0.794. The second kappa shape index (κ2) is 8.35. The van der Waals surface area contributed by atoms with Crippen molar-refractivity contribution in [1.82, 2.24) is 5.32 Å². The highest BCUT2D eigenvalue weighted by atomic mass is 16.2. The Morgan fingerprint density at radius 1 is 0.926 bits per heavy atom. The molecular weight excluding hydrogens is 344 g/mol. The van der Waals surface area contributed by atoms with Crippen LogP contribution in [0.4, 0.5) is 21.9 Å². The Kier molecular flexibility index (Phi) is 5.71. The van der Waals surface area contributed by atoms with Crippen molar-refractivity contribution < 1.29 is 14.4 Å². The van der Waals surface area contributed by atoms with Crippen LogP contribution in [-0.2, 0) is 9.59 Å². The quantitative estimate of drug-likeness (QED) is 0.669. The van der Waals surface area contributed by atoms with Crippen molar-refractivity contribution in [2.24, 2.45) is 5.92 Å². The van der Waals surface area contributed by atoms with Crippen molar-refractivity contribution in [3.63, 3.8) is 0 Å². The molecule has 2 aromatic rings. The number of rotatable bonds is 4. The highest BCUT2D eigenvalue weighted by Crippen LogP contribution is 2.21. The lowest BCUT2D eigenvalue weighted by molar-refractivity contribution is -0.130. The molecule has 2 atom stereocenters. The zero-order chi connectivity index (χ0) is 19.2. The molecule has 0 spiro atoms. The monoisotopic (exact) mass is 366 g/mol. The number of nitrogens with one attached hydrogen (secondary N) is 4. The van der Waals surface area contributed by atoms with Crippen molar-refractivity contribution in [3.05, 3.63) is 54.6 Å². The normalized spacial score (nSPS) is 18.9. The molecule has 0 unspecified atom stereocenters. The number of carbonyl (C=O) groups excluding carboxylic acids is 3. The van der Waals surface area contributed by atoms with Crippen LogP contribution >= 0.6 is 0 Å². The van der Waals surface area contributed by atoms with E-state index in [9.17, 15) is 14.4 Å². The molecule has 1 fully saturated rings. The van der Waals surface area contributed by atoms with Crippen molar-refractivity contribution >= 4 is 34.9 Å². The van der Waals surface area contributed by atoms with Gasteiger partial charge in [-0.2, -0.15) is 0 Å². The molecule has 2 aromatic carbocycles. The zero-order valence-electron chi connectivity index (χ0n) is 15.0. The van der Waals surface area contributed by atoms with Gasteiger partial charge in [-0.05, 0) is 43.7 Å². The molecular formula is C20H22N4O3. The van der Waals surface area contributed by atoms with Crippen LogP contribution in [0.1, 0.15) is 19.8 Å². The molecule has 0 radical (unpaired) electrons. The van der Waals surface area contributed by atoms with Gasteiger partial charge < -0.3 is 21.3 Å². The van der Waals surface area contributed by atoms with E-state index < -0.39 is 0 Å². The molecule has 3 rings (SSSR count). The molecule has 1 aliphatic rings. The first-order chi connectivity index (χ1) is 13.0. The lowest BCUT2D eigenvalue weighted by Crippen LogP contribution is -2.44. The van der Waals surface area contributed by atoms with Crippen LogP contribution in [0.15, 0.2) is 54.6 Å². The van der Waals surface area contributed by atoms with Crippen LogP contribution in [0.2, 0.25) is 0 Å². The fourth-order valence-corrected chi connectivity index (χ4v) is 3.06. The zero-order valence-corrected chi connectivity index (χ0v) is 15.0. The summed E-state index contributed by atoms with van der Waals surface area (Å²) >= 11 is 0. The van der Waals surface area contributed by atoms with E-state index in [4.69, 9.17) is 0 Å². The van der Waals surface area contributed by atoms with Crippen LogP contribution in [0.5, 0.6) is 0 Å². The molecule has 0 aliphatic carbocycles. The first-order valence-corrected chi connectivity index (χ1v) is 8.83. The van der Waals surface area contributed by atoms with Gasteiger partial charge in [0, 0.05) is 35.4 Å². The third-order valence-corrected chi connectivity index (χ3v) is 4.27. The predicted molar refractivity (Wildman–Crippen MR) is 104 cm³/mol. The minimum atomic E-state index is -0.373. The van der Waals surface area contributed by atoms with Crippen molar-refractivity contribution in [1.29, 1.82) is 0 Å². The average molecular weight is 366 g/mol. The molecule has 4 N–H and O–H groups in total. The van der Waals surface area contributed by atoms with Gasteiger partial charge in [-0.15, -0.1) is 0 Å². The van der Waals surface area contributed by atoms with E-state index in [1.165, 1.54) is 0 Å². The number of hydrogen-bond donors (Lipinski definition) is 4. The van der Waals surface area contributed by atoms with E-state index in [1.807, 2.05) is 25.1 Å². The van der Waals surface area contributed by atoms with E-state index in [1.54, 1.807) is 36.4 Å². The Morgan fingerprint density at radius 2 is 1.56 bits per heavy atom. The van der Waals surface area contributed by atoms with Gasteiger partial charge in [-0.3, -0.25) is 9.59 Å². The van der Waals surface area contributed by atoms with Crippen molar-refractivity contribution in [2.45, 2.75) is 25.8 Å². The molecule has 7 nitrogen and oxygen atoms in total. The summed E-state index contributed by atoms with van der Waals surface area (Å²) < 4.78 is 0. The molecule has 0 bridgehead atoms. The summed E-state index contributed by atoms with van der Waals surface area (Å²) in [6, 6.07) is 15.6. The van der Waals surface area contributed by atoms with E-state index in [0.717, 1.165) is 0 Å². The minimum absolute atomic E-state index is 0.0170. The second-order valence-corrected chi connectivity index (χ2v) is 6.62. The first kappa shape index (κ1) is 18.4. The number of hydrogen-bond acceptors (Lipinski definition) is 3. The van der Waals surface area contributed by atoms with Crippen LogP contribution in [0.25, 0.3) is 0 Å². The number of piperidine rings is 1. The van der Waals surface area contributed by atoms with Gasteiger partial charge in [-0.1, -0.05) is 24.3 Å². The Bertz CT molecular complexity index is 838. The first-order valence-electron chi connectivity index (χ1n) is 8.83. The summed E-state index contributed by atoms with van der Waals surface area (Å²) in [6.45, 7) is 1.88. The SMILES string of the molecule is C[C@H]1C[C@@H](C(=O)Nc2cccc(NC(=O)Nc3ccccc3)c2)CC(=O)N1. The highest BCUT2D eigenvalue weighted by Gasteiger charge is 2.29. The van der Waals surface area contributed by atoms with Gasteiger partial charge in [0.2, 0.25) is 11.8 Å². The maximum absolute atomic E-state index is 12.4. The van der Waals surface area contributed by atoms with Gasteiger partial charge in [0.15, 0.2) is 0 Å². The number of benzene rings is 2. The molecule has 27 heavy (non-hydrogen) atoms. The molecule has 1 saturated heterocycles. The maximum Gasteiger partial charge on any atom is 0.323 e. The number of amides is 4.